The summed E-state index contributed by atoms with van der Waals surface area (Å²) < 4.78 is 0. The highest BCUT2D eigenvalue weighted by atomic mass is 35.5. The van der Waals surface area contributed by atoms with E-state index in [9.17, 15) is 0 Å². The van der Waals surface area contributed by atoms with Crippen LogP contribution in [0.3, 0.4) is 0 Å². The molecule has 0 N–H and O–H groups in total. The van der Waals surface area contributed by atoms with Gasteiger partial charge in [-0.05, 0) is 29.0 Å². The molecule has 0 fully saturated rings. The number of halogens is 1. The van der Waals surface area contributed by atoms with Gasteiger partial charge < -0.3 is 0 Å². The van der Waals surface area contributed by atoms with Crippen LogP contribution in [0, 0.1) is 6.92 Å². The third-order valence-electron chi connectivity index (χ3n) is 1.50. The van der Waals surface area contributed by atoms with Gasteiger partial charge in [0.25, 0.3) is 0 Å². The van der Waals surface area contributed by atoms with E-state index in [0.717, 1.165) is 16.0 Å². The van der Waals surface area contributed by atoms with E-state index in [1.165, 1.54) is 0 Å². The summed E-state index contributed by atoms with van der Waals surface area (Å²) in [5, 5.41) is 2.53. The van der Waals surface area contributed by atoms with Gasteiger partial charge in [-0.2, -0.15) is 0 Å². The molecule has 1 heteroatoms. The fourth-order valence-electron chi connectivity index (χ4n) is 0.782. The van der Waals surface area contributed by atoms with Gasteiger partial charge >= 0.3 is 0 Å². The van der Waals surface area contributed by atoms with Gasteiger partial charge in [0.15, 0.2) is 0 Å². The Hall–Kier alpha value is -0.750. The van der Waals surface area contributed by atoms with Crippen LogP contribution in [0.4, 0.5) is 0 Å². The van der Waals surface area contributed by atoms with Crippen molar-refractivity contribution in [1.82, 2.24) is 0 Å². The van der Waals surface area contributed by atoms with Crippen molar-refractivity contribution >= 4 is 24.8 Å². The van der Waals surface area contributed by atoms with Crippen LogP contribution >= 0.6 is 11.6 Å². The fourth-order valence-corrected chi connectivity index (χ4v) is 0.969. The van der Waals surface area contributed by atoms with E-state index in [1.807, 2.05) is 19.1 Å². The summed E-state index contributed by atoms with van der Waals surface area (Å²) in [6.07, 6.45) is 0. The summed E-state index contributed by atoms with van der Waals surface area (Å²) in [5.41, 5.74) is 1.13. The van der Waals surface area contributed by atoms with E-state index in [-0.39, 0.29) is 0 Å². The molecular formula is C9H9Cl. The zero-order valence-corrected chi connectivity index (χ0v) is 6.70. The largest absolute Gasteiger partial charge is 0.0914 e. The monoisotopic (exact) mass is 152 g/mol. The minimum atomic E-state index is 0.690. The molecule has 0 radical (unpaired) electrons. The fraction of sp³-hybridized carbons (Fsp3) is 0.111. The van der Waals surface area contributed by atoms with Crippen LogP contribution in [0.15, 0.2) is 12.1 Å². The average Bonchev–Trinajstić information content (AvgIpc) is 1.84. The highest BCUT2D eigenvalue weighted by Gasteiger charge is 1.89. The summed E-state index contributed by atoms with van der Waals surface area (Å²) >= 11 is 5.78. The zero-order valence-electron chi connectivity index (χ0n) is 5.95. The summed E-state index contributed by atoms with van der Waals surface area (Å²) in [7, 11) is 0. The van der Waals surface area contributed by atoms with Crippen LogP contribution < -0.4 is 10.4 Å². The van der Waals surface area contributed by atoms with Gasteiger partial charge in [-0.3, -0.25) is 0 Å². The number of rotatable bonds is 0. The molecule has 0 nitrogen and oxygen atoms in total. The first-order valence-electron chi connectivity index (χ1n) is 3.05. The predicted molar refractivity (Wildman–Crippen MR) is 46.5 cm³/mol. The van der Waals surface area contributed by atoms with Crippen LogP contribution in [0.5, 0.6) is 0 Å². The third kappa shape index (κ3) is 1.22. The Kier molecular flexibility index (Phi) is 1.82. The second-order valence-electron chi connectivity index (χ2n) is 2.37. The second kappa shape index (κ2) is 2.47. The minimum absolute atomic E-state index is 0.690. The average molecular weight is 153 g/mol. The molecule has 1 rings (SSSR count). The molecule has 0 bridgehead atoms. The Morgan fingerprint density at radius 2 is 1.80 bits per heavy atom. The van der Waals surface area contributed by atoms with E-state index in [4.69, 9.17) is 11.6 Å². The van der Waals surface area contributed by atoms with Crippen molar-refractivity contribution in [2.45, 2.75) is 6.92 Å². The van der Waals surface area contributed by atoms with Gasteiger partial charge in [0.2, 0.25) is 0 Å². The molecule has 0 aromatic heterocycles. The number of hydrogen-bond donors (Lipinski definition) is 0. The van der Waals surface area contributed by atoms with Crippen LogP contribution in [0.2, 0.25) is 5.02 Å². The van der Waals surface area contributed by atoms with Crippen molar-refractivity contribution in [3.8, 4) is 0 Å². The first kappa shape index (κ1) is 7.36. The first-order valence-corrected chi connectivity index (χ1v) is 3.43. The van der Waals surface area contributed by atoms with Crippen molar-refractivity contribution in [3.63, 3.8) is 0 Å². The molecule has 1 aromatic carbocycles. The van der Waals surface area contributed by atoms with Crippen LogP contribution in [0.25, 0.3) is 13.2 Å². The van der Waals surface area contributed by atoms with Crippen LogP contribution in [-0.4, -0.2) is 0 Å². The SMILES string of the molecule is C=c1cc(Cl)c(=C)cc1C. The summed E-state index contributed by atoms with van der Waals surface area (Å²) in [6, 6.07) is 3.77. The maximum atomic E-state index is 5.78. The van der Waals surface area contributed by atoms with Gasteiger partial charge in [0, 0.05) is 5.02 Å². The lowest BCUT2D eigenvalue weighted by molar-refractivity contribution is 1.39. The predicted octanol–water partition coefficient (Wildman–Crippen LogP) is 1.47. The van der Waals surface area contributed by atoms with Gasteiger partial charge in [-0.25, -0.2) is 0 Å². The third-order valence-corrected chi connectivity index (χ3v) is 1.86. The van der Waals surface area contributed by atoms with Gasteiger partial charge in [-0.1, -0.05) is 30.8 Å². The van der Waals surface area contributed by atoms with Gasteiger partial charge in [0.05, 0.1) is 0 Å². The van der Waals surface area contributed by atoms with E-state index in [1.54, 1.807) is 0 Å². The van der Waals surface area contributed by atoms with Crippen molar-refractivity contribution < 1.29 is 0 Å². The number of benzene rings is 1. The van der Waals surface area contributed by atoms with Crippen molar-refractivity contribution in [3.05, 3.63) is 33.2 Å². The molecule has 0 aliphatic rings. The molecule has 10 heavy (non-hydrogen) atoms. The van der Waals surface area contributed by atoms with Gasteiger partial charge in [0.1, 0.15) is 0 Å². The molecule has 0 amide bonds. The number of aryl methyl sites for hydroxylation is 1. The molecular weight excluding hydrogens is 144 g/mol. The molecule has 0 heterocycles. The topological polar surface area (TPSA) is 0 Å². The lowest BCUT2D eigenvalue weighted by Crippen LogP contribution is -2.10. The molecule has 52 valence electrons. The summed E-state index contributed by atoms with van der Waals surface area (Å²) in [5.74, 6) is 0. The highest BCUT2D eigenvalue weighted by Crippen LogP contribution is 1.96. The standard InChI is InChI=1S/C9H9Cl/c1-6-4-8(3)9(10)5-7(6)2/h4-5H,2-3H2,1H3. The molecule has 1 aromatic rings. The number of hydrogen-bond acceptors (Lipinski definition) is 0. The Bertz CT molecular complexity index is 303. The summed E-state index contributed by atoms with van der Waals surface area (Å²) in [4.78, 5) is 0. The van der Waals surface area contributed by atoms with Crippen LogP contribution in [-0.2, 0) is 0 Å². The molecule has 0 unspecified atom stereocenters. The smallest absolute Gasteiger partial charge is 0.0478 e. The van der Waals surface area contributed by atoms with Crippen molar-refractivity contribution in [2.75, 3.05) is 0 Å². The zero-order chi connectivity index (χ0) is 7.72. The van der Waals surface area contributed by atoms with Gasteiger partial charge in [-0.15, -0.1) is 0 Å². The van der Waals surface area contributed by atoms with E-state index < -0.39 is 0 Å². The van der Waals surface area contributed by atoms with Crippen molar-refractivity contribution in [2.24, 2.45) is 0 Å². The molecule has 0 spiro atoms. The molecule has 0 aliphatic carbocycles. The maximum Gasteiger partial charge on any atom is 0.0478 e. The maximum absolute atomic E-state index is 5.78. The Morgan fingerprint density at radius 1 is 1.20 bits per heavy atom. The Labute approximate surface area is 65.5 Å². The quantitative estimate of drug-likeness (QED) is 0.528. The minimum Gasteiger partial charge on any atom is -0.0914 e. The summed E-state index contributed by atoms with van der Waals surface area (Å²) in [6.45, 7) is 9.57. The van der Waals surface area contributed by atoms with Crippen LogP contribution in [0.1, 0.15) is 5.56 Å². The highest BCUT2D eigenvalue weighted by molar-refractivity contribution is 6.30. The lowest BCUT2D eigenvalue weighted by atomic mass is 10.2. The molecule has 0 atom stereocenters. The molecule has 0 saturated carbocycles. The molecule has 0 aliphatic heterocycles. The normalized spacial score (nSPS) is 9.80. The first-order chi connectivity index (χ1) is 4.61. The molecule has 0 saturated heterocycles. The second-order valence-corrected chi connectivity index (χ2v) is 2.78. The van der Waals surface area contributed by atoms with E-state index in [2.05, 4.69) is 13.2 Å². The lowest BCUT2D eigenvalue weighted by Gasteiger charge is -1.94. The van der Waals surface area contributed by atoms with E-state index >= 15 is 0 Å². The Morgan fingerprint density at radius 3 is 2.30 bits per heavy atom. The van der Waals surface area contributed by atoms with E-state index in [0.29, 0.717) is 5.02 Å². The van der Waals surface area contributed by atoms with Crippen molar-refractivity contribution in [1.29, 1.82) is 0 Å². The Balaban J connectivity index is 3.59.